The Labute approximate surface area is 188 Å². The van der Waals surface area contributed by atoms with Crippen LogP contribution in [0.15, 0.2) is 35.1 Å². The van der Waals surface area contributed by atoms with Crippen molar-refractivity contribution in [2.45, 2.75) is 51.1 Å². The summed E-state index contributed by atoms with van der Waals surface area (Å²) in [5, 5.41) is 3.42. The molecule has 1 aliphatic heterocycles. The third-order valence-corrected chi connectivity index (χ3v) is 6.91. The highest BCUT2D eigenvalue weighted by molar-refractivity contribution is 5.75. The number of hydrogen-bond acceptors (Lipinski definition) is 6. The number of anilines is 2. The minimum absolute atomic E-state index is 0.0695. The highest BCUT2D eigenvalue weighted by Gasteiger charge is 2.26. The molecule has 2 fully saturated rings. The maximum atomic E-state index is 13.5. The maximum Gasteiger partial charge on any atom is 0.281 e. The third kappa shape index (κ3) is 4.11. The average molecular weight is 436 g/mol. The van der Waals surface area contributed by atoms with Crippen molar-refractivity contribution in [2.24, 2.45) is 18.7 Å². The zero-order valence-corrected chi connectivity index (χ0v) is 18.8. The SMILES string of the molecule is Cn1c(NCC2CCCC2)nc2nc(N3CCCC(N)C3)n(Cc3ccccc3)c2c1=O. The van der Waals surface area contributed by atoms with Crippen LogP contribution in [-0.4, -0.2) is 44.8 Å². The Kier molecular flexibility index (Phi) is 5.87. The molecule has 0 amide bonds. The van der Waals surface area contributed by atoms with Crippen LogP contribution in [0.5, 0.6) is 0 Å². The molecule has 3 heterocycles. The number of hydrogen-bond donors (Lipinski definition) is 2. The van der Waals surface area contributed by atoms with Gasteiger partial charge in [-0.2, -0.15) is 9.97 Å². The van der Waals surface area contributed by atoms with Gasteiger partial charge in [-0.1, -0.05) is 43.2 Å². The zero-order valence-electron chi connectivity index (χ0n) is 18.8. The van der Waals surface area contributed by atoms with Crippen molar-refractivity contribution in [1.82, 2.24) is 19.1 Å². The van der Waals surface area contributed by atoms with E-state index in [0.29, 0.717) is 29.6 Å². The molecule has 0 spiro atoms. The van der Waals surface area contributed by atoms with Gasteiger partial charge in [-0.05, 0) is 37.2 Å². The highest BCUT2D eigenvalue weighted by Crippen LogP contribution is 2.26. The Hall–Kier alpha value is -2.87. The molecule has 1 atom stereocenters. The van der Waals surface area contributed by atoms with Crippen LogP contribution in [0.4, 0.5) is 11.9 Å². The lowest BCUT2D eigenvalue weighted by molar-refractivity contribution is 0.495. The summed E-state index contributed by atoms with van der Waals surface area (Å²) in [5.41, 5.74) is 8.38. The smallest absolute Gasteiger partial charge is 0.281 e. The molecule has 2 aromatic heterocycles. The van der Waals surface area contributed by atoms with Gasteiger partial charge in [-0.3, -0.25) is 13.9 Å². The van der Waals surface area contributed by atoms with Crippen molar-refractivity contribution in [2.75, 3.05) is 29.9 Å². The standard InChI is InChI=1S/C24H33N7O/c1-29-22(32)20-21(27-23(29)26-14-17-8-5-6-9-17)28-24(30-13-7-12-19(25)16-30)31(20)15-18-10-3-2-4-11-18/h2-4,10-11,17,19H,5-9,12-16,25H2,1H3,(H,26,27). The monoisotopic (exact) mass is 435 g/mol. The second-order valence-electron chi connectivity index (χ2n) is 9.34. The predicted octanol–water partition coefficient (Wildman–Crippen LogP) is 2.71. The van der Waals surface area contributed by atoms with E-state index in [0.717, 1.165) is 44.0 Å². The summed E-state index contributed by atoms with van der Waals surface area (Å²) in [6.45, 7) is 3.05. The number of nitrogens with zero attached hydrogens (tertiary/aromatic N) is 5. The molecule has 0 bridgehead atoms. The van der Waals surface area contributed by atoms with Gasteiger partial charge in [-0.25, -0.2) is 0 Å². The molecule has 32 heavy (non-hydrogen) atoms. The minimum atomic E-state index is -0.0695. The number of imidazole rings is 1. The second-order valence-corrected chi connectivity index (χ2v) is 9.34. The summed E-state index contributed by atoms with van der Waals surface area (Å²) < 4.78 is 3.66. The van der Waals surface area contributed by atoms with E-state index in [9.17, 15) is 4.79 Å². The lowest BCUT2D eigenvalue weighted by Crippen LogP contribution is -2.44. The third-order valence-electron chi connectivity index (χ3n) is 6.91. The van der Waals surface area contributed by atoms with E-state index in [1.54, 1.807) is 11.6 Å². The van der Waals surface area contributed by atoms with Crippen LogP contribution in [0.3, 0.4) is 0 Å². The molecule has 2 aliphatic rings. The van der Waals surface area contributed by atoms with Crippen LogP contribution in [0, 0.1) is 5.92 Å². The number of nitrogens with one attached hydrogen (secondary N) is 1. The van der Waals surface area contributed by atoms with Crippen LogP contribution in [-0.2, 0) is 13.6 Å². The normalized spacial score (nSPS) is 19.7. The van der Waals surface area contributed by atoms with Crippen molar-refractivity contribution >= 4 is 23.1 Å². The summed E-state index contributed by atoms with van der Waals surface area (Å²) in [6, 6.07) is 10.3. The van der Waals surface area contributed by atoms with E-state index >= 15 is 0 Å². The number of aromatic nitrogens is 4. The number of piperidine rings is 1. The fraction of sp³-hybridized carbons (Fsp3) is 0.542. The Morgan fingerprint density at radius 1 is 1.09 bits per heavy atom. The van der Waals surface area contributed by atoms with Crippen LogP contribution < -0.4 is 21.5 Å². The van der Waals surface area contributed by atoms with E-state index in [2.05, 4.69) is 22.3 Å². The van der Waals surface area contributed by atoms with Gasteiger partial charge in [0, 0.05) is 32.7 Å². The highest BCUT2D eigenvalue weighted by atomic mass is 16.1. The van der Waals surface area contributed by atoms with Gasteiger partial charge in [0.05, 0.1) is 6.54 Å². The molecule has 1 saturated heterocycles. The molecule has 1 aliphatic carbocycles. The summed E-state index contributed by atoms with van der Waals surface area (Å²) in [7, 11) is 1.79. The van der Waals surface area contributed by atoms with Crippen LogP contribution in [0.2, 0.25) is 0 Å². The Bertz CT molecular complexity index is 1130. The number of benzene rings is 1. The van der Waals surface area contributed by atoms with Gasteiger partial charge in [0.15, 0.2) is 11.2 Å². The van der Waals surface area contributed by atoms with Crippen molar-refractivity contribution in [3.8, 4) is 0 Å². The second kappa shape index (κ2) is 8.94. The molecule has 3 aromatic rings. The summed E-state index contributed by atoms with van der Waals surface area (Å²) in [4.78, 5) is 25.4. The van der Waals surface area contributed by atoms with E-state index in [1.165, 1.54) is 25.7 Å². The first kappa shape index (κ1) is 21.0. The van der Waals surface area contributed by atoms with Gasteiger partial charge in [0.25, 0.3) is 5.56 Å². The van der Waals surface area contributed by atoms with Crippen molar-refractivity contribution in [3.63, 3.8) is 0 Å². The number of nitrogens with two attached hydrogens (primary N) is 1. The summed E-state index contributed by atoms with van der Waals surface area (Å²) >= 11 is 0. The van der Waals surface area contributed by atoms with Gasteiger partial charge in [0.1, 0.15) is 0 Å². The first-order valence-corrected chi connectivity index (χ1v) is 11.9. The first-order valence-electron chi connectivity index (χ1n) is 11.9. The molecule has 5 rings (SSSR count). The molecular weight excluding hydrogens is 402 g/mol. The molecule has 3 N–H and O–H groups in total. The van der Waals surface area contributed by atoms with Gasteiger partial charge < -0.3 is 16.0 Å². The first-order chi connectivity index (χ1) is 15.6. The van der Waals surface area contributed by atoms with Crippen molar-refractivity contribution in [3.05, 3.63) is 46.2 Å². The van der Waals surface area contributed by atoms with Crippen molar-refractivity contribution in [1.29, 1.82) is 0 Å². The average Bonchev–Trinajstić information content (AvgIpc) is 3.44. The quantitative estimate of drug-likeness (QED) is 0.618. The molecule has 1 unspecified atom stereocenters. The largest absolute Gasteiger partial charge is 0.355 e. The molecule has 8 nitrogen and oxygen atoms in total. The van der Waals surface area contributed by atoms with Gasteiger partial charge in [0.2, 0.25) is 11.9 Å². The van der Waals surface area contributed by atoms with Crippen LogP contribution in [0.25, 0.3) is 11.2 Å². The minimum Gasteiger partial charge on any atom is -0.355 e. The Morgan fingerprint density at radius 2 is 1.88 bits per heavy atom. The molecular formula is C24H33N7O. The van der Waals surface area contributed by atoms with E-state index in [-0.39, 0.29) is 11.6 Å². The van der Waals surface area contributed by atoms with E-state index < -0.39 is 0 Å². The lowest BCUT2D eigenvalue weighted by atomic mass is 10.1. The molecule has 1 aromatic carbocycles. The van der Waals surface area contributed by atoms with Crippen molar-refractivity contribution < 1.29 is 0 Å². The number of rotatable bonds is 6. The fourth-order valence-electron chi connectivity index (χ4n) is 5.11. The van der Waals surface area contributed by atoms with Gasteiger partial charge in [-0.15, -0.1) is 0 Å². The topological polar surface area (TPSA) is 94.0 Å². The molecule has 1 saturated carbocycles. The zero-order chi connectivity index (χ0) is 22.1. The summed E-state index contributed by atoms with van der Waals surface area (Å²) in [6.07, 6.45) is 7.12. The molecule has 8 heteroatoms. The molecule has 0 radical (unpaired) electrons. The Morgan fingerprint density at radius 3 is 2.62 bits per heavy atom. The maximum absolute atomic E-state index is 13.5. The molecule has 170 valence electrons. The van der Waals surface area contributed by atoms with Crippen LogP contribution >= 0.6 is 0 Å². The Balaban J connectivity index is 1.56. The number of fused-ring (bicyclic) bond motifs is 1. The fourth-order valence-corrected chi connectivity index (χ4v) is 5.11. The predicted molar refractivity (Wildman–Crippen MR) is 128 cm³/mol. The summed E-state index contributed by atoms with van der Waals surface area (Å²) in [5.74, 6) is 2.04. The van der Waals surface area contributed by atoms with Crippen LogP contribution in [0.1, 0.15) is 44.1 Å². The van der Waals surface area contributed by atoms with E-state index in [4.69, 9.17) is 15.7 Å². The van der Waals surface area contributed by atoms with Gasteiger partial charge >= 0.3 is 0 Å². The van der Waals surface area contributed by atoms with E-state index in [1.807, 2.05) is 22.8 Å². The lowest BCUT2D eigenvalue weighted by Gasteiger charge is -2.31.